The molecule has 1 saturated carbocycles. The largest absolute Gasteiger partial charge is 0.375 e. The molecule has 4 nitrogen and oxygen atoms in total. The van der Waals surface area contributed by atoms with Gasteiger partial charge in [-0.05, 0) is 48.6 Å². The first-order valence-corrected chi connectivity index (χ1v) is 8.92. The van der Waals surface area contributed by atoms with Crippen molar-refractivity contribution in [2.75, 3.05) is 5.32 Å². The van der Waals surface area contributed by atoms with Crippen LogP contribution in [0.25, 0.3) is 0 Å². The smallest absolute Gasteiger partial charge is 0.261 e. The van der Waals surface area contributed by atoms with Crippen molar-refractivity contribution in [1.82, 2.24) is 0 Å². The summed E-state index contributed by atoms with van der Waals surface area (Å²) in [5, 5.41) is 13.6. The Balaban J connectivity index is 1.68. The van der Waals surface area contributed by atoms with Crippen LogP contribution in [0.2, 0.25) is 10.0 Å². The highest BCUT2D eigenvalue weighted by Crippen LogP contribution is 2.46. The molecule has 0 aromatic heterocycles. The maximum absolute atomic E-state index is 14.4. The zero-order valence-electron chi connectivity index (χ0n) is 13.5. The number of aliphatic hydroxyl groups is 1. The number of anilines is 1. The van der Waals surface area contributed by atoms with Crippen LogP contribution in [0.1, 0.15) is 46.7 Å². The summed E-state index contributed by atoms with van der Waals surface area (Å²) >= 11 is 12.2. The highest BCUT2D eigenvalue weighted by Gasteiger charge is 2.49. The van der Waals surface area contributed by atoms with Crippen LogP contribution in [0.15, 0.2) is 30.3 Å². The summed E-state index contributed by atoms with van der Waals surface area (Å²) in [7, 11) is 0. The maximum atomic E-state index is 14.4. The van der Waals surface area contributed by atoms with Gasteiger partial charge in [0.2, 0.25) is 0 Å². The molecule has 0 saturated heterocycles. The average Bonchev–Trinajstić information content (AvgIpc) is 3.39. The molecule has 0 bridgehead atoms. The van der Waals surface area contributed by atoms with Gasteiger partial charge in [0.15, 0.2) is 11.4 Å². The number of carbonyl (C=O) groups is 2. The lowest BCUT2D eigenvalue weighted by atomic mass is 9.87. The van der Waals surface area contributed by atoms with Gasteiger partial charge in [0.25, 0.3) is 5.91 Å². The summed E-state index contributed by atoms with van der Waals surface area (Å²) < 4.78 is 14.4. The molecule has 2 aromatic rings. The van der Waals surface area contributed by atoms with Crippen molar-refractivity contribution >= 4 is 40.6 Å². The lowest BCUT2D eigenvalue weighted by molar-refractivity contribution is -0.133. The minimum Gasteiger partial charge on any atom is -0.375 e. The quantitative estimate of drug-likeness (QED) is 0.755. The van der Waals surface area contributed by atoms with Crippen LogP contribution >= 0.6 is 23.2 Å². The zero-order valence-corrected chi connectivity index (χ0v) is 15.0. The summed E-state index contributed by atoms with van der Waals surface area (Å²) in [6.45, 7) is 0. The number of Topliss-reactive ketones (excluding diaryl/α,β-unsaturated/α-hetero) is 1. The van der Waals surface area contributed by atoms with Crippen LogP contribution in [0.3, 0.4) is 0 Å². The highest BCUT2D eigenvalue weighted by atomic mass is 35.5. The SMILES string of the molecule is O=C(CC1(O)C(=O)Nc2c(Cl)ccc(Cl)c21)c1ccc(C2CC2)cc1F. The Labute approximate surface area is 158 Å². The second-order valence-corrected chi connectivity index (χ2v) is 7.52. The molecule has 0 radical (unpaired) electrons. The maximum Gasteiger partial charge on any atom is 0.261 e. The predicted molar refractivity (Wildman–Crippen MR) is 96.3 cm³/mol. The van der Waals surface area contributed by atoms with E-state index in [0.29, 0.717) is 5.92 Å². The lowest BCUT2D eigenvalue weighted by Crippen LogP contribution is -2.36. The number of ketones is 1. The Morgan fingerprint density at radius 2 is 1.92 bits per heavy atom. The van der Waals surface area contributed by atoms with Gasteiger partial charge in [-0.2, -0.15) is 0 Å². The van der Waals surface area contributed by atoms with Gasteiger partial charge >= 0.3 is 0 Å². The third kappa shape index (κ3) is 2.71. The second-order valence-electron chi connectivity index (χ2n) is 6.71. The molecule has 1 aliphatic heterocycles. The van der Waals surface area contributed by atoms with Gasteiger partial charge in [-0.25, -0.2) is 4.39 Å². The van der Waals surface area contributed by atoms with Crippen molar-refractivity contribution < 1.29 is 19.1 Å². The van der Waals surface area contributed by atoms with E-state index in [1.54, 1.807) is 6.07 Å². The molecule has 1 fully saturated rings. The van der Waals surface area contributed by atoms with Crippen molar-refractivity contribution in [2.24, 2.45) is 0 Å². The molecule has 7 heteroatoms. The highest BCUT2D eigenvalue weighted by molar-refractivity contribution is 6.38. The standard InChI is InChI=1S/C19H14Cl2FNO3/c20-12-5-6-13(21)17-16(12)19(26,18(25)23-17)8-15(24)11-4-3-10(7-14(11)22)9-1-2-9/h3-7,9,26H,1-2,8H2,(H,23,25). The van der Waals surface area contributed by atoms with Gasteiger partial charge in [-0.3, -0.25) is 9.59 Å². The van der Waals surface area contributed by atoms with Gasteiger partial charge in [-0.1, -0.05) is 29.3 Å². The number of rotatable bonds is 4. The topological polar surface area (TPSA) is 66.4 Å². The van der Waals surface area contributed by atoms with Crippen LogP contribution in [0, 0.1) is 5.82 Å². The van der Waals surface area contributed by atoms with E-state index in [2.05, 4.69) is 5.32 Å². The van der Waals surface area contributed by atoms with Crippen molar-refractivity contribution in [3.8, 4) is 0 Å². The molecule has 4 rings (SSSR count). The number of hydrogen-bond donors (Lipinski definition) is 2. The Kier molecular flexibility index (Phi) is 4.06. The van der Waals surface area contributed by atoms with Gasteiger partial charge in [0.1, 0.15) is 5.82 Å². The zero-order chi connectivity index (χ0) is 18.6. The van der Waals surface area contributed by atoms with E-state index in [0.717, 1.165) is 18.4 Å². The Morgan fingerprint density at radius 1 is 1.23 bits per heavy atom. The van der Waals surface area contributed by atoms with Crippen molar-refractivity contribution in [1.29, 1.82) is 0 Å². The van der Waals surface area contributed by atoms with Crippen molar-refractivity contribution in [3.05, 3.63) is 62.9 Å². The summed E-state index contributed by atoms with van der Waals surface area (Å²) in [5.41, 5.74) is -1.29. The molecule has 2 aliphatic rings. The number of halogens is 3. The number of hydrogen-bond acceptors (Lipinski definition) is 3. The number of amides is 1. The van der Waals surface area contributed by atoms with E-state index in [1.807, 2.05) is 0 Å². The molecule has 1 atom stereocenters. The Morgan fingerprint density at radius 3 is 2.58 bits per heavy atom. The van der Waals surface area contributed by atoms with Crippen LogP contribution in [0.4, 0.5) is 10.1 Å². The number of benzene rings is 2. The second kappa shape index (κ2) is 6.05. The number of carbonyl (C=O) groups excluding carboxylic acids is 2. The Hall–Kier alpha value is -1.95. The van der Waals surface area contributed by atoms with Crippen LogP contribution in [-0.2, 0) is 10.4 Å². The van der Waals surface area contributed by atoms with Gasteiger partial charge in [-0.15, -0.1) is 0 Å². The minimum atomic E-state index is -2.20. The molecule has 26 heavy (non-hydrogen) atoms. The Bertz CT molecular complexity index is 958. The molecular weight excluding hydrogens is 380 g/mol. The third-order valence-electron chi connectivity index (χ3n) is 4.89. The van der Waals surface area contributed by atoms with E-state index in [1.165, 1.54) is 24.3 Å². The first kappa shape index (κ1) is 17.5. The average molecular weight is 394 g/mol. The third-order valence-corrected chi connectivity index (χ3v) is 5.52. The fourth-order valence-corrected chi connectivity index (χ4v) is 3.85. The lowest BCUT2D eigenvalue weighted by Gasteiger charge is -2.21. The molecule has 2 aromatic carbocycles. The summed E-state index contributed by atoms with van der Waals surface area (Å²) in [6.07, 6.45) is 1.40. The van der Waals surface area contributed by atoms with Crippen LogP contribution in [-0.4, -0.2) is 16.8 Å². The minimum absolute atomic E-state index is 0.0417. The van der Waals surface area contributed by atoms with Crippen molar-refractivity contribution in [2.45, 2.75) is 30.8 Å². The molecular formula is C19H14Cl2FNO3. The van der Waals surface area contributed by atoms with E-state index < -0.39 is 29.5 Å². The normalized spacial score (nSPS) is 21.5. The summed E-state index contributed by atoms with van der Waals surface area (Å²) in [5.74, 6) is -1.80. The predicted octanol–water partition coefficient (Wildman–Crippen LogP) is 4.42. The van der Waals surface area contributed by atoms with E-state index in [-0.39, 0.29) is 26.9 Å². The van der Waals surface area contributed by atoms with Gasteiger partial charge in [0, 0.05) is 10.6 Å². The van der Waals surface area contributed by atoms with E-state index in [4.69, 9.17) is 23.2 Å². The van der Waals surface area contributed by atoms with Crippen LogP contribution in [0.5, 0.6) is 0 Å². The molecule has 1 unspecified atom stereocenters. The molecule has 1 heterocycles. The van der Waals surface area contributed by atoms with E-state index in [9.17, 15) is 19.1 Å². The molecule has 1 aliphatic carbocycles. The van der Waals surface area contributed by atoms with Gasteiger partial charge < -0.3 is 10.4 Å². The summed E-state index contributed by atoms with van der Waals surface area (Å²) in [6, 6.07) is 7.38. The van der Waals surface area contributed by atoms with Crippen LogP contribution < -0.4 is 5.32 Å². The first-order valence-electron chi connectivity index (χ1n) is 8.16. The fraction of sp³-hybridized carbons (Fsp3) is 0.263. The molecule has 134 valence electrons. The fourth-order valence-electron chi connectivity index (χ4n) is 3.33. The number of fused-ring (bicyclic) bond motifs is 1. The van der Waals surface area contributed by atoms with Gasteiger partial charge in [0.05, 0.1) is 22.7 Å². The van der Waals surface area contributed by atoms with E-state index >= 15 is 0 Å². The molecule has 0 spiro atoms. The monoisotopic (exact) mass is 393 g/mol. The number of nitrogens with one attached hydrogen (secondary N) is 1. The molecule has 1 amide bonds. The molecule has 2 N–H and O–H groups in total. The first-order chi connectivity index (χ1) is 12.3. The van der Waals surface area contributed by atoms with Crippen molar-refractivity contribution in [3.63, 3.8) is 0 Å². The summed E-state index contributed by atoms with van der Waals surface area (Å²) in [4.78, 5) is 25.0.